The van der Waals surface area contributed by atoms with Crippen LogP contribution in [0.15, 0.2) is 36.5 Å². The monoisotopic (exact) mass is 703 g/mol. The van der Waals surface area contributed by atoms with E-state index in [0.717, 1.165) is 96.3 Å². The number of ether oxygens (including phenoxy) is 3. The van der Waals surface area contributed by atoms with Crippen LogP contribution in [-0.2, 0) is 28.6 Å². The Bertz CT molecular complexity index is 861. The minimum Gasteiger partial charge on any atom is -0.462 e. The molecule has 0 amide bonds. The first kappa shape index (κ1) is 47.6. The molecule has 50 heavy (non-hydrogen) atoms. The summed E-state index contributed by atoms with van der Waals surface area (Å²) in [5, 5.41) is 0. The summed E-state index contributed by atoms with van der Waals surface area (Å²) in [5.74, 6) is -0.902. The lowest BCUT2D eigenvalue weighted by Gasteiger charge is -2.18. The van der Waals surface area contributed by atoms with E-state index in [4.69, 9.17) is 14.2 Å². The van der Waals surface area contributed by atoms with Gasteiger partial charge >= 0.3 is 17.9 Å². The molecule has 6 nitrogen and oxygen atoms in total. The van der Waals surface area contributed by atoms with Crippen molar-refractivity contribution in [3.8, 4) is 0 Å². The van der Waals surface area contributed by atoms with Crippen LogP contribution in [0.2, 0.25) is 0 Å². The lowest BCUT2D eigenvalue weighted by Crippen LogP contribution is -2.30. The highest BCUT2D eigenvalue weighted by Gasteiger charge is 2.19. The van der Waals surface area contributed by atoms with Gasteiger partial charge in [0.2, 0.25) is 0 Å². The fourth-order valence-corrected chi connectivity index (χ4v) is 5.75. The van der Waals surface area contributed by atoms with Gasteiger partial charge in [0.25, 0.3) is 0 Å². The van der Waals surface area contributed by atoms with Gasteiger partial charge in [0.05, 0.1) is 0 Å². The fourth-order valence-electron chi connectivity index (χ4n) is 5.75. The quantitative estimate of drug-likeness (QED) is 0.0277. The van der Waals surface area contributed by atoms with Crippen molar-refractivity contribution in [1.29, 1.82) is 0 Å². The Labute approximate surface area is 308 Å². The van der Waals surface area contributed by atoms with Crippen LogP contribution in [0, 0.1) is 0 Å². The number of carbonyl (C=O) groups excluding carboxylic acids is 3. The zero-order chi connectivity index (χ0) is 36.6. The third kappa shape index (κ3) is 36.9. The van der Waals surface area contributed by atoms with Gasteiger partial charge in [-0.05, 0) is 51.4 Å². The molecule has 0 aliphatic heterocycles. The lowest BCUT2D eigenvalue weighted by molar-refractivity contribution is -0.167. The highest BCUT2D eigenvalue weighted by Crippen LogP contribution is 2.13. The van der Waals surface area contributed by atoms with E-state index >= 15 is 0 Å². The Kier molecular flexibility index (Phi) is 37.5. The molecule has 0 N–H and O–H groups in total. The first-order valence-corrected chi connectivity index (χ1v) is 21.0. The molecule has 0 aliphatic rings. The second-order valence-corrected chi connectivity index (χ2v) is 13.9. The maximum Gasteiger partial charge on any atom is 0.306 e. The van der Waals surface area contributed by atoms with Gasteiger partial charge in [-0.1, -0.05) is 173 Å². The zero-order valence-corrected chi connectivity index (χ0v) is 32.9. The summed E-state index contributed by atoms with van der Waals surface area (Å²) < 4.78 is 16.6. The number of esters is 3. The molecule has 0 rings (SSSR count). The molecule has 1 unspecified atom stereocenters. The van der Waals surface area contributed by atoms with Crippen molar-refractivity contribution >= 4 is 17.9 Å². The SMILES string of the molecule is CC/C=C\C/C=C\C/C=C\CCCCCCCC(=O)OCC(COC(=O)CCCCCCCCCC)OC(=O)CCCCCCCCCCC. The predicted octanol–water partition coefficient (Wildman–Crippen LogP) is 13.0. The molecule has 6 heteroatoms. The first-order valence-electron chi connectivity index (χ1n) is 21.0. The van der Waals surface area contributed by atoms with Gasteiger partial charge in [-0.2, -0.15) is 0 Å². The topological polar surface area (TPSA) is 78.9 Å². The zero-order valence-electron chi connectivity index (χ0n) is 32.9. The van der Waals surface area contributed by atoms with Gasteiger partial charge in [0, 0.05) is 19.3 Å². The highest BCUT2D eigenvalue weighted by molar-refractivity contribution is 5.71. The maximum absolute atomic E-state index is 12.6. The molecule has 0 saturated heterocycles. The van der Waals surface area contributed by atoms with Crippen LogP contribution in [-0.4, -0.2) is 37.2 Å². The Morgan fingerprint density at radius 1 is 0.420 bits per heavy atom. The third-order valence-corrected chi connectivity index (χ3v) is 8.91. The van der Waals surface area contributed by atoms with Gasteiger partial charge in [0.15, 0.2) is 6.10 Å². The average molecular weight is 703 g/mol. The van der Waals surface area contributed by atoms with E-state index in [1.165, 1.54) is 70.6 Å². The van der Waals surface area contributed by atoms with Crippen LogP contribution >= 0.6 is 0 Å². The van der Waals surface area contributed by atoms with Crippen LogP contribution in [0.4, 0.5) is 0 Å². The minimum absolute atomic E-state index is 0.0757. The minimum atomic E-state index is -0.769. The van der Waals surface area contributed by atoms with Crippen molar-refractivity contribution < 1.29 is 28.6 Å². The Morgan fingerprint density at radius 2 is 0.780 bits per heavy atom. The van der Waals surface area contributed by atoms with Crippen LogP contribution in [0.5, 0.6) is 0 Å². The number of unbranched alkanes of at least 4 members (excludes halogenated alkanes) is 20. The summed E-state index contributed by atoms with van der Waals surface area (Å²) in [7, 11) is 0. The Hall–Kier alpha value is -2.37. The standard InChI is InChI=1S/C44H78O6/c1-4-7-10-13-16-19-20-21-22-23-24-26-28-31-34-37-43(46)49-40-41(39-48-42(45)36-33-30-27-18-15-12-9-6-3)50-44(47)38-35-32-29-25-17-14-11-8-5-2/h7,10,16,19,21-22,41H,4-6,8-9,11-15,17-18,20,23-40H2,1-3H3/b10-7-,19-16-,22-21-. The van der Waals surface area contributed by atoms with Gasteiger partial charge < -0.3 is 14.2 Å². The second kappa shape index (κ2) is 39.4. The molecule has 0 bridgehead atoms. The van der Waals surface area contributed by atoms with Gasteiger partial charge in [-0.25, -0.2) is 0 Å². The first-order chi connectivity index (χ1) is 24.5. The van der Waals surface area contributed by atoms with Gasteiger partial charge in [-0.3, -0.25) is 14.4 Å². The summed E-state index contributed by atoms with van der Waals surface area (Å²) in [6.07, 6.45) is 42.8. The summed E-state index contributed by atoms with van der Waals surface area (Å²) in [5.41, 5.74) is 0. The van der Waals surface area contributed by atoms with Gasteiger partial charge in [-0.15, -0.1) is 0 Å². The largest absolute Gasteiger partial charge is 0.462 e. The summed E-state index contributed by atoms with van der Waals surface area (Å²) in [6, 6.07) is 0. The molecule has 0 aliphatic carbocycles. The van der Waals surface area contributed by atoms with Crippen LogP contribution in [0.3, 0.4) is 0 Å². The van der Waals surface area contributed by atoms with Gasteiger partial charge in [0.1, 0.15) is 13.2 Å². The van der Waals surface area contributed by atoms with E-state index in [2.05, 4.69) is 57.2 Å². The van der Waals surface area contributed by atoms with E-state index in [9.17, 15) is 14.4 Å². The number of carbonyl (C=O) groups is 3. The van der Waals surface area contributed by atoms with Crippen LogP contribution < -0.4 is 0 Å². The molecule has 0 heterocycles. The Balaban J connectivity index is 4.34. The number of allylic oxidation sites excluding steroid dienone is 6. The third-order valence-electron chi connectivity index (χ3n) is 8.91. The van der Waals surface area contributed by atoms with Crippen LogP contribution in [0.25, 0.3) is 0 Å². The summed E-state index contributed by atoms with van der Waals surface area (Å²) in [6.45, 7) is 6.44. The molecule has 290 valence electrons. The highest BCUT2D eigenvalue weighted by atomic mass is 16.6. The number of hydrogen-bond acceptors (Lipinski definition) is 6. The molecule has 0 saturated carbocycles. The van der Waals surface area contributed by atoms with Crippen molar-refractivity contribution in [3.05, 3.63) is 36.5 Å². The molecular formula is C44H78O6. The summed E-state index contributed by atoms with van der Waals surface area (Å²) in [4.78, 5) is 37.5. The second-order valence-electron chi connectivity index (χ2n) is 13.9. The molecule has 1 atom stereocenters. The molecule has 0 fully saturated rings. The number of hydrogen-bond donors (Lipinski definition) is 0. The van der Waals surface area contributed by atoms with E-state index in [1.54, 1.807) is 0 Å². The van der Waals surface area contributed by atoms with Crippen molar-refractivity contribution in [3.63, 3.8) is 0 Å². The molecule has 0 spiro atoms. The molecule has 0 radical (unpaired) electrons. The van der Waals surface area contributed by atoms with Crippen molar-refractivity contribution in [1.82, 2.24) is 0 Å². The van der Waals surface area contributed by atoms with E-state index < -0.39 is 6.10 Å². The predicted molar refractivity (Wildman–Crippen MR) is 210 cm³/mol. The average Bonchev–Trinajstić information content (AvgIpc) is 3.11. The van der Waals surface area contributed by atoms with E-state index in [1.807, 2.05) is 0 Å². The Morgan fingerprint density at radius 3 is 1.22 bits per heavy atom. The van der Waals surface area contributed by atoms with Crippen molar-refractivity contribution in [2.24, 2.45) is 0 Å². The molecule has 0 aromatic carbocycles. The lowest BCUT2D eigenvalue weighted by atomic mass is 10.1. The normalized spacial score (nSPS) is 12.3. The molecular weight excluding hydrogens is 624 g/mol. The van der Waals surface area contributed by atoms with E-state index in [-0.39, 0.29) is 31.1 Å². The molecule has 0 aromatic rings. The van der Waals surface area contributed by atoms with Crippen molar-refractivity contribution in [2.45, 2.75) is 213 Å². The maximum atomic E-state index is 12.6. The number of rotatable bonds is 37. The van der Waals surface area contributed by atoms with Crippen LogP contribution in [0.1, 0.15) is 207 Å². The molecule has 0 aromatic heterocycles. The van der Waals surface area contributed by atoms with E-state index in [0.29, 0.717) is 19.3 Å². The van der Waals surface area contributed by atoms with Crippen molar-refractivity contribution in [2.75, 3.05) is 13.2 Å². The summed E-state index contributed by atoms with van der Waals surface area (Å²) >= 11 is 0. The fraction of sp³-hybridized carbons (Fsp3) is 0.795. The smallest absolute Gasteiger partial charge is 0.306 e.